The molecule has 1 amide bonds. The van der Waals surface area contributed by atoms with Gasteiger partial charge in [0, 0.05) is 18.9 Å². The Bertz CT molecular complexity index is 308. The number of carbonyl (C=O) groups is 1. The molecule has 1 aromatic heterocycles. The van der Waals surface area contributed by atoms with Crippen LogP contribution in [0.2, 0.25) is 0 Å². The van der Waals surface area contributed by atoms with Gasteiger partial charge < -0.3 is 5.32 Å². The molecule has 1 aliphatic heterocycles. The topological polar surface area (TPSA) is 66.9 Å². The predicted molar refractivity (Wildman–Crippen MR) is 51.6 cm³/mol. The van der Waals surface area contributed by atoms with E-state index in [1.807, 2.05) is 0 Å². The van der Waals surface area contributed by atoms with E-state index in [1.165, 1.54) is 0 Å². The molecule has 0 bridgehead atoms. The number of carbonyl (C=O) groups excluding carboxylic acids is 1. The first-order chi connectivity index (χ1) is 6.86. The van der Waals surface area contributed by atoms with Crippen molar-refractivity contribution in [1.29, 1.82) is 0 Å². The van der Waals surface area contributed by atoms with Gasteiger partial charge >= 0.3 is 0 Å². The first kappa shape index (κ1) is 9.08. The number of hydrogen-bond donors (Lipinski definition) is 2. The molecule has 5 heteroatoms. The van der Waals surface area contributed by atoms with Crippen molar-refractivity contribution in [2.24, 2.45) is 5.92 Å². The van der Waals surface area contributed by atoms with Gasteiger partial charge in [-0.3, -0.25) is 10.1 Å². The van der Waals surface area contributed by atoms with Crippen molar-refractivity contribution in [2.75, 3.05) is 18.4 Å². The van der Waals surface area contributed by atoms with Crippen LogP contribution in [0.15, 0.2) is 18.5 Å². The second-order valence-corrected chi connectivity index (χ2v) is 3.25. The van der Waals surface area contributed by atoms with E-state index in [9.17, 15) is 4.79 Å². The molecular weight excluding hydrogens is 180 g/mol. The molecule has 1 aliphatic rings. The molecule has 2 rings (SSSR count). The summed E-state index contributed by atoms with van der Waals surface area (Å²) in [4.78, 5) is 19.4. The van der Waals surface area contributed by atoms with Crippen molar-refractivity contribution in [3.05, 3.63) is 18.5 Å². The van der Waals surface area contributed by atoms with Gasteiger partial charge in [0.2, 0.25) is 11.9 Å². The van der Waals surface area contributed by atoms with Gasteiger partial charge in [-0.15, -0.1) is 0 Å². The Labute approximate surface area is 82.0 Å². The van der Waals surface area contributed by atoms with E-state index in [2.05, 4.69) is 20.6 Å². The number of rotatable bonds is 2. The van der Waals surface area contributed by atoms with Gasteiger partial charge in [0.1, 0.15) is 0 Å². The molecule has 1 aromatic rings. The maximum atomic E-state index is 11.6. The Morgan fingerprint density at radius 3 is 2.93 bits per heavy atom. The van der Waals surface area contributed by atoms with Crippen LogP contribution in [0.25, 0.3) is 0 Å². The summed E-state index contributed by atoms with van der Waals surface area (Å²) in [6.45, 7) is 1.66. The van der Waals surface area contributed by atoms with E-state index < -0.39 is 0 Å². The third-order valence-corrected chi connectivity index (χ3v) is 2.23. The van der Waals surface area contributed by atoms with Crippen LogP contribution in [-0.2, 0) is 4.79 Å². The van der Waals surface area contributed by atoms with Gasteiger partial charge in [-0.25, -0.2) is 9.97 Å². The lowest BCUT2D eigenvalue weighted by Crippen LogP contribution is -2.25. The number of nitrogens with one attached hydrogen (secondary N) is 2. The van der Waals surface area contributed by atoms with Crippen molar-refractivity contribution in [3.63, 3.8) is 0 Å². The third-order valence-electron chi connectivity index (χ3n) is 2.23. The molecular formula is C9H12N4O. The fraction of sp³-hybridized carbons (Fsp3) is 0.444. The summed E-state index contributed by atoms with van der Waals surface area (Å²) < 4.78 is 0. The van der Waals surface area contributed by atoms with Crippen molar-refractivity contribution in [2.45, 2.75) is 6.42 Å². The van der Waals surface area contributed by atoms with Crippen molar-refractivity contribution in [3.8, 4) is 0 Å². The minimum absolute atomic E-state index is 0.00111. The molecule has 0 radical (unpaired) electrons. The van der Waals surface area contributed by atoms with Crippen molar-refractivity contribution in [1.82, 2.24) is 15.3 Å². The zero-order chi connectivity index (χ0) is 9.80. The monoisotopic (exact) mass is 192 g/mol. The molecule has 2 N–H and O–H groups in total. The molecule has 74 valence electrons. The van der Waals surface area contributed by atoms with Crippen molar-refractivity contribution < 1.29 is 4.79 Å². The summed E-state index contributed by atoms with van der Waals surface area (Å²) in [5, 5.41) is 5.82. The number of aromatic nitrogens is 2. The molecule has 1 atom stereocenters. The SMILES string of the molecule is O=C(Nc1ncccn1)C1CCNC1. The lowest BCUT2D eigenvalue weighted by molar-refractivity contribution is -0.119. The van der Waals surface area contributed by atoms with Crippen molar-refractivity contribution >= 4 is 11.9 Å². The van der Waals surface area contributed by atoms with Crippen LogP contribution in [0.3, 0.4) is 0 Å². The largest absolute Gasteiger partial charge is 0.316 e. The quantitative estimate of drug-likeness (QED) is 0.693. The molecule has 1 saturated heterocycles. The molecule has 0 aliphatic carbocycles. The maximum absolute atomic E-state index is 11.6. The Kier molecular flexibility index (Phi) is 2.69. The minimum Gasteiger partial charge on any atom is -0.316 e. The van der Waals surface area contributed by atoms with E-state index in [0.717, 1.165) is 19.5 Å². The van der Waals surface area contributed by atoms with Gasteiger partial charge in [0.05, 0.1) is 5.92 Å². The van der Waals surface area contributed by atoms with Gasteiger partial charge in [-0.2, -0.15) is 0 Å². The Morgan fingerprint density at radius 1 is 1.50 bits per heavy atom. The summed E-state index contributed by atoms with van der Waals surface area (Å²) in [6, 6.07) is 1.72. The zero-order valence-corrected chi connectivity index (χ0v) is 7.73. The van der Waals surface area contributed by atoms with Crippen LogP contribution in [0, 0.1) is 5.92 Å². The number of amides is 1. The lowest BCUT2D eigenvalue weighted by atomic mass is 10.1. The van der Waals surface area contributed by atoms with Crippen LogP contribution >= 0.6 is 0 Å². The highest BCUT2D eigenvalue weighted by Crippen LogP contribution is 2.09. The second kappa shape index (κ2) is 4.15. The van der Waals surface area contributed by atoms with E-state index in [0.29, 0.717) is 5.95 Å². The molecule has 0 aromatic carbocycles. The lowest BCUT2D eigenvalue weighted by Gasteiger charge is -2.07. The van der Waals surface area contributed by atoms with Gasteiger partial charge in [-0.05, 0) is 19.0 Å². The molecule has 1 fully saturated rings. The van der Waals surface area contributed by atoms with Gasteiger partial charge in [0.15, 0.2) is 0 Å². The average Bonchev–Trinajstić information content (AvgIpc) is 2.72. The maximum Gasteiger partial charge on any atom is 0.231 e. The summed E-state index contributed by atoms with van der Waals surface area (Å²) in [7, 11) is 0. The highest BCUT2D eigenvalue weighted by Gasteiger charge is 2.22. The number of hydrogen-bond acceptors (Lipinski definition) is 4. The van der Waals surface area contributed by atoms with E-state index in [1.54, 1.807) is 18.5 Å². The second-order valence-electron chi connectivity index (χ2n) is 3.25. The normalized spacial score (nSPS) is 20.7. The molecule has 2 heterocycles. The van der Waals surface area contributed by atoms with Gasteiger partial charge in [0.25, 0.3) is 0 Å². The fourth-order valence-electron chi connectivity index (χ4n) is 1.45. The molecule has 5 nitrogen and oxygen atoms in total. The molecule has 0 spiro atoms. The number of anilines is 1. The molecule has 0 saturated carbocycles. The highest BCUT2D eigenvalue weighted by atomic mass is 16.2. The average molecular weight is 192 g/mol. The highest BCUT2D eigenvalue weighted by molar-refractivity contribution is 5.91. The summed E-state index contributed by atoms with van der Waals surface area (Å²) in [6.07, 6.45) is 4.10. The first-order valence-corrected chi connectivity index (χ1v) is 4.65. The van der Waals surface area contributed by atoms with Crippen LogP contribution in [0.5, 0.6) is 0 Å². The Hall–Kier alpha value is -1.49. The molecule has 14 heavy (non-hydrogen) atoms. The van der Waals surface area contributed by atoms with E-state index in [4.69, 9.17) is 0 Å². The smallest absolute Gasteiger partial charge is 0.231 e. The van der Waals surface area contributed by atoms with Crippen LogP contribution in [0.4, 0.5) is 5.95 Å². The van der Waals surface area contributed by atoms with Crippen LogP contribution in [-0.4, -0.2) is 29.0 Å². The molecule has 1 unspecified atom stereocenters. The first-order valence-electron chi connectivity index (χ1n) is 4.65. The van der Waals surface area contributed by atoms with E-state index >= 15 is 0 Å². The minimum atomic E-state index is 0.00111. The van der Waals surface area contributed by atoms with Crippen LogP contribution in [0.1, 0.15) is 6.42 Å². The summed E-state index contributed by atoms with van der Waals surface area (Å²) >= 11 is 0. The third kappa shape index (κ3) is 2.05. The summed E-state index contributed by atoms with van der Waals surface area (Å²) in [5.41, 5.74) is 0. The Morgan fingerprint density at radius 2 is 2.29 bits per heavy atom. The Balaban J connectivity index is 1.94. The fourth-order valence-corrected chi connectivity index (χ4v) is 1.45. The predicted octanol–water partition coefficient (Wildman–Crippen LogP) is 0.0246. The van der Waals surface area contributed by atoms with Crippen LogP contribution < -0.4 is 10.6 Å². The zero-order valence-electron chi connectivity index (χ0n) is 7.73. The standard InChI is InChI=1S/C9H12N4O/c14-8(7-2-5-10-6-7)13-9-11-3-1-4-12-9/h1,3-4,7,10H,2,5-6H2,(H,11,12,13,14). The van der Waals surface area contributed by atoms with E-state index in [-0.39, 0.29) is 11.8 Å². The number of nitrogens with zero attached hydrogens (tertiary/aromatic N) is 2. The van der Waals surface area contributed by atoms with Gasteiger partial charge in [-0.1, -0.05) is 0 Å². The summed E-state index contributed by atoms with van der Waals surface area (Å²) in [5.74, 6) is 0.435.